The zero-order chi connectivity index (χ0) is 35.8. The number of aromatic nitrogens is 2. The number of nitrogens with two attached hydrogens (primary N) is 1. The number of nitrogens with one attached hydrogen (secondary N) is 1. The Hall–Kier alpha value is -5.50. The van der Waals surface area contributed by atoms with Gasteiger partial charge < -0.3 is 25.0 Å². The van der Waals surface area contributed by atoms with Crippen LogP contribution in [-0.4, -0.2) is 68.3 Å². The van der Waals surface area contributed by atoms with Gasteiger partial charge in [0.2, 0.25) is 5.88 Å². The van der Waals surface area contributed by atoms with Gasteiger partial charge >= 0.3 is 6.09 Å². The number of methoxy groups -OCH3 is 1. The number of piperazine rings is 1. The van der Waals surface area contributed by atoms with Crippen molar-refractivity contribution in [2.75, 3.05) is 48.6 Å². The molecule has 14 heteroatoms. The van der Waals surface area contributed by atoms with Crippen molar-refractivity contribution in [2.45, 2.75) is 31.3 Å². The lowest BCUT2D eigenvalue weighted by molar-refractivity contribution is 0.0240. The van der Waals surface area contributed by atoms with E-state index in [1.807, 2.05) is 57.2 Å². The number of rotatable bonds is 7. The maximum Gasteiger partial charge on any atom is 0.410 e. The number of anilines is 3. The average Bonchev–Trinajstić information content (AvgIpc) is 3.07. The van der Waals surface area contributed by atoms with E-state index >= 15 is 0 Å². The van der Waals surface area contributed by atoms with Gasteiger partial charge in [0.25, 0.3) is 10.0 Å². The van der Waals surface area contributed by atoms with Crippen molar-refractivity contribution in [3.63, 3.8) is 0 Å². The maximum atomic E-state index is 14.4. The Balaban J connectivity index is 1.23. The van der Waals surface area contributed by atoms with E-state index in [1.54, 1.807) is 17.0 Å². The lowest BCUT2D eigenvalue weighted by atomic mass is 10.0. The second-order valence-electron chi connectivity index (χ2n) is 12.8. The number of sulfonamides is 1. The molecule has 1 fully saturated rings. The van der Waals surface area contributed by atoms with Crippen LogP contribution in [0.15, 0.2) is 83.9 Å². The minimum absolute atomic E-state index is 0.0312. The number of halogens is 2. The van der Waals surface area contributed by atoms with Crippen molar-refractivity contribution in [3.05, 3.63) is 90.6 Å². The fourth-order valence-corrected chi connectivity index (χ4v) is 6.77. The Bertz CT molecular complexity index is 2180. The fraction of sp³-hybridized carbons (Fsp3) is 0.250. The molecule has 1 amide bonds. The van der Waals surface area contributed by atoms with Crippen molar-refractivity contribution in [3.8, 4) is 28.1 Å². The standard InChI is InChI=1S/C36H36F2N6O5S/c1-36(2,3)49-35(45)44-15-13-43(14-16-44)27-9-5-22(6-10-27)28-18-24-17-23(7-11-30(24)41-33(28)39)25-19-31(34(48-4)40-21-25)42-50(46,47)32-12-8-26(37)20-29(32)38/h5-12,17-21,42H,13-16H2,1-4H3,(H2,39,41). The minimum Gasteiger partial charge on any atom is -0.480 e. The summed E-state index contributed by atoms with van der Waals surface area (Å²) >= 11 is 0. The molecule has 260 valence electrons. The molecule has 0 radical (unpaired) electrons. The monoisotopic (exact) mass is 702 g/mol. The van der Waals surface area contributed by atoms with Crippen LogP contribution in [0.25, 0.3) is 33.2 Å². The summed E-state index contributed by atoms with van der Waals surface area (Å²) in [6, 6.07) is 19.1. The normalized spacial score (nSPS) is 13.7. The highest BCUT2D eigenvalue weighted by Gasteiger charge is 2.26. The Labute approximate surface area is 288 Å². The molecule has 0 atom stereocenters. The van der Waals surface area contributed by atoms with Gasteiger partial charge in [0.05, 0.1) is 12.6 Å². The van der Waals surface area contributed by atoms with Crippen LogP contribution >= 0.6 is 0 Å². The lowest BCUT2D eigenvalue weighted by Crippen LogP contribution is -2.50. The molecule has 2 aromatic heterocycles. The van der Waals surface area contributed by atoms with Gasteiger partial charge in [-0.05, 0) is 80.4 Å². The molecular weight excluding hydrogens is 666 g/mol. The van der Waals surface area contributed by atoms with Gasteiger partial charge in [0.15, 0.2) is 0 Å². The summed E-state index contributed by atoms with van der Waals surface area (Å²) in [5.41, 5.74) is 10.4. The van der Waals surface area contributed by atoms with Crippen molar-refractivity contribution in [1.82, 2.24) is 14.9 Å². The SMILES string of the molecule is COc1ncc(-c2ccc3nc(N)c(-c4ccc(N5CCN(C(=O)OC(C)(C)C)CC5)cc4)cc3c2)cc1NS(=O)(=O)c1ccc(F)cc1F. The third-order valence-electron chi connectivity index (χ3n) is 8.12. The third kappa shape index (κ3) is 7.39. The molecule has 3 aromatic carbocycles. The first-order valence-electron chi connectivity index (χ1n) is 15.8. The number of ether oxygens (including phenoxy) is 2. The maximum absolute atomic E-state index is 14.4. The second kappa shape index (κ2) is 13.4. The number of carbonyl (C=O) groups excluding carboxylic acids is 1. The molecule has 3 N–H and O–H groups in total. The van der Waals surface area contributed by atoms with E-state index in [-0.39, 0.29) is 17.7 Å². The smallest absolute Gasteiger partial charge is 0.410 e. The topological polar surface area (TPSA) is 140 Å². The van der Waals surface area contributed by atoms with E-state index in [4.69, 9.17) is 15.2 Å². The first kappa shape index (κ1) is 34.4. The number of carbonyl (C=O) groups is 1. The van der Waals surface area contributed by atoms with Crippen molar-refractivity contribution >= 4 is 44.2 Å². The molecule has 5 aromatic rings. The molecule has 6 rings (SSSR count). The molecule has 0 aliphatic carbocycles. The molecule has 50 heavy (non-hydrogen) atoms. The highest BCUT2D eigenvalue weighted by molar-refractivity contribution is 7.92. The third-order valence-corrected chi connectivity index (χ3v) is 9.52. The molecule has 1 aliphatic heterocycles. The number of nitrogen functional groups attached to an aromatic ring is 1. The van der Waals surface area contributed by atoms with Crippen LogP contribution in [0.2, 0.25) is 0 Å². The van der Waals surface area contributed by atoms with E-state index in [2.05, 4.69) is 19.6 Å². The van der Waals surface area contributed by atoms with Crippen LogP contribution in [0.5, 0.6) is 5.88 Å². The van der Waals surface area contributed by atoms with Gasteiger partial charge in [-0.3, -0.25) is 4.72 Å². The van der Waals surface area contributed by atoms with Crippen LogP contribution in [0, 0.1) is 11.6 Å². The van der Waals surface area contributed by atoms with E-state index in [1.165, 1.54) is 19.4 Å². The van der Waals surface area contributed by atoms with E-state index in [9.17, 15) is 22.0 Å². The number of pyridine rings is 2. The summed E-state index contributed by atoms with van der Waals surface area (Å²) in [4.78, 5) is 24.5. The number of hydrogen-bond acceptors (Lipinski definition) is 9. The summed E-state index contributed by atoms with van der Waals surface area (Å²) in [5, 5.41) is 0.778. The molecule has 1 aliphatic rings. The Kier molecular flexibility index (Phi) is 9.23. The van der Waals surface area contributed by atoms with Gasteiger partial charge in [-0.1, -0.05) is 18.2 Å². The van der Waals surface area contributed by atoms with Gasteiger partial charge in [-0.25, -0.2) is 32.0 Å². The van der Waals surface area contributed by atoms with Crippen molar-refractivity contribution < 1.29 is 31.5 Å². The fourth-order valence-electron chi connectivity index (χ4n) is 5.67. The highest BCUT2D eigenvalue weighted by atomic mass is 32.2. The molecular formula is C36H36F2N6O5S. The molecule has 3 heterocycles. The zero-order valence-electron chi connectivity index (χ0n) is 27.9. The number of fused-ring (bicyclic) bond motifs is 1. The summed E-state index contributed by atoms with van der Waals surface area (Å²) in [6.07, 6.45) is 1.22. The van der Waals surface area contributed by atoms with Crippen molar-refractivity contribution in [2.24, 2.45) is 0 Å². The second-order valence-corrected chi connectivity index (χ2v) is 14.4. The minimum atomic E-state index is -4.45. The van der Waals surface area contributed by atoms with Crippen molar-refractivity contribution in [1.29, 1.82) is 0 Å². The van der Waals surface area contributed by atoms with Crippen LogP contribution in [-0.2, 0) is 14.8 Å². The first-order valence-corrected chi connectivity index (χ1v) is 17.2. The number of benzene rings is 3. The van der Waals surface area contributed by atoms with Gasteiger partial charge in [-0.15, -0.1) is 0 Å². The summed E-state index contributed by atoms with van der Waals surface area (Å²) in [7, 11) is -3.13. The highest BCUT2D eigenvalue weighted by Crippen LogP contribution is 2.35. The van der Waals surface area contributed by atoms with Crippen LogP contribution < -0.4 is 20.1 Å². The number of hydrogen-bond donors (Lipinski definition) is 2. The van der Waals surface area contributed by atoms with Crippen LogP contribution in [0.4, 0.5) is 30.8 Å². The van der Waals surface area contributed by atoms with Crippen LogP contribution in [0.1, 0.15) is 20.8 Å². The predicted molar refractivity (Wildman–Crippen MR) is 189 cm³/mol. The van der Waals surface area contributed by atoms with E-state index in [0.29, 0.717) is 54.7 Å². The molecule has 11 nitrogen and oxygen atoms in total. The molecule has 0 spiro atoms. The average molecular weight is 703 g/mol. The summed E-state index contributed by atoms with van der Waals surface area (Å²) < 4.78 is 66.9. The molecule has 0 saturated carbocycles. The molecule has 1 saturated heterocycles. The Morgan fingerprint density at radius 3 is 2.26 bits per heavy atom. The molecule has 0 unspecified atom stereocenters. The molecule has 0 bridgehead atoms. The predicted octanol–water partition coefficient (Wildman–Crippen LogP) is 6.69. The lowest BCUT2D eigenvalue weighted by Gasteiger charge is -2.36. The summed E-state index contributed by atoms with van der Waals surface area (Å²) in [5.74, 6) is -1.81. The number of amides is 1. The van der Waals surface area contributed by atoms with Gasteiger partial charge in [0.1, 0.15) is 33.6 Å². The Morgan fingerprint density at radius 1 is 0.900 bits per heavy atom. The van der Waals surface area contributed by atoms with Gasteiger partial charge in [0, 0.05) is 60.6 Å². The zero-order valence-corrected chi connectivity index (χ0v) is 28.7. The van der Waals surface area contributed by atoms with E-state index in [0.717, 1.165) is 34.3 Å². The quantitative estimate of drug-likeness (QED) is 0.190. The summed E-state index contributed by atoms with van der Waals surface area (Å²) in [6.45, 7) is 8.03. The number of nitrogens with zero attached hydrogens (tertiary/aromatic N) is 4. The van der Waals surface area contributed by atoms with Crippen LogP contribution in [0.3, 0.4) is 0 Å². The van der Waals surface area contributed by atoms with E-state index < -0.39 is 32.2 Å². The largest absolute Gasteiger partial charge is 0.480 e. The van der Waals surface area contributed by atoms with Gasteiger partial charge in [-0.2, -0.15) is 0 Å². The Morgan fingerprint density at radius 2 is 1.60 bits per heavy atom. The first-order chi connectivity index (χ1) is 23.7.